The van der Waals surface area contributed by atoms with Crippen LogP contribution >= 0.6 is 0 Å². The van der Waals surface area contributed by atoms with Gasteiger partial charge in [-0.1, -0.05) is 65.8 Å². The van der Waals surface area contributed by atoms with Crippen LogP contribution in [0.4, 0.5) is 0 Å². The van der Waals surface area contributed by atoms with Gasteiger partial charge < -0.3 is 19.0 Å². The molecule has 3 aromatic carbocycles. The molecule has 0 unspecified atom stereocenters. The molecule has 0 atom stereocenters. The summed E-state index contributed by atoms with van der Waals surface area (Å²) in [6, 6.07) is 18.4. The molecule has 2 aromatic heterocycles. The van der Waals surface area contributed by atoms with E-state index in [1.54, 1.807) is 0 Å². The average Bonchev–Trinajstić information content (AvgIpc) is 3.55. The zero-order valence-electron chi connectivity index (χ0n) is 22.3. The lowest BCUT2D eigenvalue weighted by Gasteiger charge is -2.18. The molecule has 2 N–H and O–H groups in total. The lowest BCUT2D eigenvalue weighted by atomic mass is 9.87. The Morgan fingerprint density at radius 1 is 0.500 bits per heavy atom. The van der Waals surface area contributed by atoms with Crippen molar-refractivity contribution in [2.24, 2.45) is 0 Å². The highest BCUT2D eigenvalue weighted by Gasteiger charge is 2.22. The minimum absolute atomic E-state index is 0.0274. The maximum absolute atomic E-state index is 10.7. The maximum Gasteiger partial charge on any atom is 0.252 e. The zero-order valence-corrected chi connectivity index (χ0v) is 22.3. The van der Waals surface area contributed by atoms with Crippen molar-refractivity contribution >= 4 is 0 Å². The second-order valence-electron chi connectivity index (χ2n) is 11.4. The van der Waals surface area contributed by atoms with Gasteiger partial charge in [0.05, 0.1) is 11.1 Å². The van der Waals surface area contributed by atoms with E-state index >= 15 is 0 Å². The number of rotatable bonds is 4. The van der Waals surface area contributed by atoms with Crippen LogP contribution < -0.4 is 0 Å². The average molecular weight is 511 g/mol. The molecule has 5 aromatic rings. The summed E-state index contributed by atoms with van der Waals surface area (Å²) in [4.78, 5) is 0. The largest absolute Gasteiger partial charge is 0.507 e. The molecular formula is C30H30N4O4. The number of phenolic OH excluding ortho intramolecular Hbond substituents is 2. The number of phenols is 2. The summed E-state index contributed by atoms with van der Waals surface area (Å²) in [5.74, 6) is 0.412. The molecule has 8 heteroatoms. The molecule has 0 fully saturated rings. The maximum atomic E-state index is 10.7. The van der Waals surface area contributed by atoms with Gasteiger partial charge in [-0.05, 0) is 58.4 Å². The summed E-state index contributed by atoms with van der Waals surface area (Å²) >= 11 is 0. The molecule has 194 valence electrons. The highest BCUT2D eigenvalue weighted by molar-refractivity contribution is 5.75. The first-order chi connectivity index (χ1) is 17.9. The number of hydrogen-bond acceptors (Lipinski definition) is 8. The minimum Gasteiger partial charge on any atom is -0.507 e. The molecular weight excluding hydrogens is 480 g/mol. The first kappa shape index (κ1) is 25.2. The third kappa shape index (κ3) is 4.89. The molecule has 0 aliphatic rings. The molecule has 0 aliphatic carbocycles. The normalized spacial score (nSPS) is 12.2. The van der Waals surface area contributed by atoms with E-state index in [9.17, 15) is 10.2 Å². The van der Waals surface area contributed by atoms with Gasteiger partial charge in [0.25, 0.3) is 11.8 Å². The highest BCUT2D eigenvalue weighted by Crippen LogP contribution is 2.40. The van der Waals surface area contributed by atoms with Crippen LogP contribution in [-0.2, 0) is 10.8 Å². The number of aromatic nitrogens is 4. The van der Waals surface area contributed by atoms with E-state index in [0.29, 0.717) is 11.8 Å². The fraction of sp³-hybridized carbons (Fsp3) is 0.267. The van der Waals surface area contributed by atoms with E-state index in [1.807, 2.05) is 48.5 Å². The van der Waals surface area contributed by atoms with E-state index in [0.717, 1.165) is 11.1 Å². The monoisotopic (exact) mass is 510 g/mol. The number of aromatic hydroxyl groups is 2. The summed E-state index contributed by atoms with van der Waals surface area (Å²) in [6.45, 7) is 12.9. The van der Waals surface area contributed by atoms with E-state index in [-0.39, 0.29) is 45.2 Å². The van der Waals surface area contributed by atoms with Crippen molar-refractivity contribution in [3.8, 4) is 57.3 Å². The predicted octanol–water partition coefficient (Wildman–Crippen LogP) is 7.13. The van der Waals surface area contributed by atoms with E-state index in [2.05, 4.69) is 61.9 Å². The summed E-state index contributed by atoms with van der Waals surface area (Å²) in [5, 5.41) is 37.8. The molecule has 0 bridgehead atoms. The zero-order chi connectivity index (χ0) is 27.2. The van der Waals surface area contributed by atoms with Crippen molar-refractivity contribution in [2.75, 3.05) is 0 Å². The van der Waals surface area contributed by atoms with Crippen LogP contribution in [0, 0.1) is 0 Å². The van der Waals surface area contributed by atoms with Gasteiger partial charge in [-0.25, -0.2) is 0 Å². The Morgan fingerprint density at radius 3 is 1.13 bits per heavy atom. The fourth-order valence-corrected chi connectivity index (χ4v) is 4.04. The van der Waals surface area contributed by atoms with Crippen LogP contribution in [0.3, 0.4) is 0 Å². The van der Waals surface area contributed by atoms with Gasteiger partial charge in [-0.2, -0.15) is 0 Å². The smallest absolute Gasteiger partial charge is 0.252 e. The van der Waals surface area contributed by atoms with Gasteiger partial charge in [0, 0.05) is 11.1 Å². The van der Waals surface area contributed by atoms with Crippen LogP contribution in [0.5, 0.6) is 11.5 Å². The number of nitrogens with zero attached hydrogens (tertiary/aromatic N) is 4. The van der Waals surface area contributed by atoms with Gasteiger partial charge in [0.15, 0.2) is 0 Å². The third-order valence-electron chi connectivity index (χ3n) is 6.42. The minimum atomic E-state index is -0.176. The predicted molar refractivity (Wildman–Crippen MR) is 145 cm³/mol. The van der Waals surface area contributed by atoms with Crippen LogP contribution in [0.2, 0.25) is 0 Å². The standard InChI is InChI=1S/C30H30N4O4/c1-29(2,3)19-11-7-17(8-12-19)25-31-33-27(37-25)21-15-24(36)22(16-23(21)35)28-34-32-26(38-28)18-9-13-20(14-10-18)30(4,5)6/h7-16,35-36H,1-6H3. The molecule has 0 amide bonds. The Labute approximate surface area is 221 Å². The molecule has 5 rings (SSSR count). The summed E-state index contributed by atoms with van der Waals surface area (Å²) in [7, 11) is 0. The Morgan fingerprint density at radius 2 is 0.816 bits per heavy atom. The van der Waals surface area contributed by atoms with Gasteiger partial charge in [-0.15, -0.1) is 20.4 Å². The van der Waals surface area contributed by atoms with Crippen molar-refractivity contribution in [1.82, 2.24) is 20.4 Å². The van der Waals surface area contributed by atoms with Crippen LogP contribution in [-0.4, -0.2) is 30.6 Å². The third-order valence-corrected chi connectivity index (χ3v) is 6.42. The first-order valence-corrected chi connectivity index (χ1v) is 12.4. The van der Waals surface area contributed by atoms with E-state index in [1.165, 1.54) is 23.3 Å². The van der Waals surface area contributed by atoms with E-state index in [4.69, 9.17) is 8.83 Å². The van der Waals surface area contributed by atoms with Crippen LogP contribution in [0.25, 0.3) is 45.8 Å². The molecule has 0 saturated carbocycles. The van der Waals surface area contributed by atoms with Gasteiger partial charge in [-0.3, -0.25) is 0 Å². The molecule has 0 aliphatic heterocycles. The Bertz CT molecular complexity index is 1460. The van der Waals surface area contributed by atoms with Crippen molar-refractivity contribution in [2.45, 2.75) is 52.4 Å². The van der Waals surface area contributed by atoms with Crippen molar-refractivity contribution in [3.63, 3.8) is 0 Å². The molecule has 0 radical (unpaired) electrons. The lowest BCUT2D eigenvalue weighted by Crippen LogP contribution is -2.10. The van der Waals surface area contributed by atoms with Gasteiger partial charge in [0.2, 0.25) is 11.8 Å². The Kier molecular flexibility index (Phi) is 6.06. The Balaban J connectivity index is 1.40. The van der Waals surface area contributed by atoms with Crippen LogP contribution in [0.1, 0.15) is 52.7 Å². The molecule has 2 heterocycles. The number of benzene rings is 3. The molecule has 0 spiro atoms. The first-order valence-electron chi connectivity index (χ1n) is 12.4. The summed E-state index contributed by atoms with van der Waals surface area (Å²) in [5.41, 5.74) is 4.31. The second-order valence-corrected chi connectivity index (χ2v) is 11.4. The number of hydrogen-bond donors (Lipinski definition) is 2. The SMILES string of the molecule is CC(C)(C)c1ccc(-c2nnc(-c3cc(O)c(-c4nnc(-c5ccc(C(C)(C)C)cc5)o4)cc3O)o2)cc1. The second kappa shape index (κ2) is 9.13. The summed E-state index contributed by atoms with van der Waals surface area (Å²) < 4.78 is 11.6. The highest BCUT2D eigenvalue weighted by atomic mass is 16.4. The lowest BCUT2D eigenvalue weighted by molar-refractivity contribution is 0.457. The van der Waals surface area contributed by atoms with Crippen molar-refractivity contribution in [3.05, 3.63) is 71.8 Å². The van der Waals surface area contributed by atoms with Gasteiger partial charge in [0.1, 0.15) is 11.5 Å². The van der Waals surface area contributed by atoms with Crippen LogP contribution in [0.15, 0.2) is 69.5 Å². The topological polar surface area (TPSA) is 118 Å². The summed E-state index contributed by atoms with van der Waals surface area (Å²) in [6.07, 6.45) is 0. The fourth-order valence-electron chi connectivity index (χ4n) is 4.04. The Hall–Kier alpha value is -4.46. The quantitative estimate of drug-likeness (QED) is 0.245. The van der Waals surface area contributed by atoms with E-state index < -0.39 is 0 Å². The van der Waals surface area contributed by atoms with Crippen molar-refractivity contribution < 1.29 is 19.0 Å². The molecule has 8 nitrogen and oxygen atoms in total. The van der Waals surface area contributed by atoms with Crippen molar-refractivity contribution in [1.29, 1.82) is 0 Å². The van der Waals surface area contributed by atoms with Gasteiger partial charge >= 0.3 is 0 Å². The molecule has 0 saturated heterocycles. The molecule has 38 heavy (non-hydrogen) atoms.